The molecule has 0 bridgehead atoms. The standard InChI is InChI=1S/C16H14F3NO5S/c17-16(18,19)25-12-2-1-3-13(9-12)26(21,22)20-10-11-4-5-14-15(8-11)24-7-6-23-14/h1-5,8-9,20H,6-7,10H2. The molecule has 3 rings (SSSR count). The number of fused-ring (bicyclic) bond motifs is 1. The SMILES string of the molecule is O=S(=O)(NCc1ccc2c(c1)OCCO2)c1cccc(OC(F)(F)F)c1. The smallest absolute Gasteiger partial charge is 0.486 e. The van der Waals surface area contributed by atoms with Crippen LogP contribution in [0, 0.1) is 0 Å². The first-order chi connectivity index (χ1) is 12.2. The van der Waals surface area contributed by atoms with Crippen molar-refractivity contribution < 1.29 is 35.8 Å². The van der Waals surface area contributed by atoms with E-state index in [2.05, 4.69) is 9.46 Å². The molecule has 26 heavy (non-hydrogen) atoms. The van der Waals surface area contributed by atoms with E-state index in [9.17, 15) is 21.6 Å². The van der Waals surface area contributed by atoms with Crippen LogP contribution < -0.4 is 18.9 Å². The summed E-state index contributed by atoms with van der Waals surface area (Å²) < 4.78 is 78.3. The summed E-state index contributed by atoms with van der Waals surface area (Å²) in [6.45, 7) is 0.771. The average Bonchev–Trinajstić information content (AvgIpc) is 2.59. The quantitative estimate of drug-likeness (QED) is 0.851. The average molecular weight is 389 g/mol. The molecule has 0 spiro atoms. The first kappa shape index (κ1) is 18.3. The Labute approximate surface area is 147 Å². The number of hydrogen-bond acceptors (Lipinski definition) is 5. The highest BCUT2D eigenvalue weighted by molar-refractivity contribution is 7.89. The lowest BCUT2D eigenvalue weighted by molar-refractivity contribution is -0.274. The van der Waals surface area contributed by atoms with Crippen LogP contribution in [-0.4, -0.2) is 28.0 Å². The lowest BCUT2D eigenvalue weighted by Gasteiger charge is -2.19. The summed E-state index contributed by atoms with van der Waals surface area (Å²) >= 11 is 0. The van der Waals surface area contributed by atoms with Crippen molar-refractivity contribution in [2.75, 3.05) is 13.2 Å². The van der Waals surface area contributed by atoms with E-state index in [1.807, 2.05) is 0 Å². The van der Waals surface area contributed by atoms with Gasteiger partial charge in [-0.2, -0.15) is 0 Å². The van der Waals surface area contributed by atoms with E-state index in [-0.39, 0.29) is 11.4 Å². The Morgan fingerprint density at radius 1 is 1.04 bits per heavy atom. The van der Waals surface area contributed by atoms with Gasteiger partial charge in [0.1, 0.15) is 19.0 Å². The summed E-state index contributed by atoms with van der Waals surface area (Å²) in [6.07, 6.45) is -4.90. The van der Waals surface area contributed by atoms with Crippen LogP contribution in [-0.2, 0) is 16.6 Å². The fourth-order valence-electron chi connectivity index (χ4n) is 2.30. The van der Waals surface area contributed by atoms with Crippen LogP contribution in [0.3, 0.4) is 0 Å². The number of hydrogen-bond donors (Lipinski definition) is 1. The molecule has 1 aliphatic heterocycles. The Morgan fingerprint density at radius 3 is 2.50 bits per heavy atom. The van der Waals surface area contributed by atoms with Gasteiger partial charge in [0.15, 0.2) is 11.5 Å². The van der Waals surface area contributed by atoms with Crippen molar-refractivity contribution in [3.05, 3.63) is 48.0 Å². The molecule has 0 aliphatic carbocycles. The van der Waals surface area contributed by atoms with Gasteiger partial charge in [-0.15, -0.1) is 13.2 Å². The highest BCUT2D eigenvalue weighted by Crippen LogP contribution is 2.31. The first-order valence-corrected chi connectivity index (χ1v) is 8.95. The van der Waals surface area contributed by atoms with Crippen molar-refractivity contribution in [1.82, 2.24) is 4.72 Å². The molecule has 0 saturated carbocycles. The monoisotopic (exact) mass is 389 g/mol. The number of sulfonamides is 1. The van der Waals surface area contributed by atoms with Gasteiger partial charge in [-0.25, -0.2) is 13.1 Å². The van der Waals surface area contributed by atoms with Crippen molar-refractivity contribution in [2.24, 2.45) is 0 Å². The molecule has 6 nitrogen and oxygen atoms in total. The van der Waals surface area contributed by atoms with Crippen LogP contribution in [0.15, 0.2) is 47.4 Å². The van der Waals surface area contributed by atoms with Gasteiger partial charge < -0.3 is 14.2 Å². The molecule has 2 aromatic carbocycles. The second-order valence-corrected chi connectivity index (χ2v) is 7.09. The van der Waals surface area contributed by atoms with E-state index in [0.29, 0.717) is 30.3 Å². The zero-order chi connectivity index (χ0) is 18.8. The van der Waals surface area contributed by atoms with E-state index >= 15 is 0 Å². The molecule has 140 valence electrons. The van der Waals surface area contributed by atoms with Crippen molar-refractivity contribution in [2.45, 2.75) is 17.8 Å². The summed E-state index contributed by atoms with van der Waals surface area (Å²) in [5.74, 6) is 0.466. The number of nitrogens with one attached hydrogen (secondary N) is 1. The Bertz CT molecular complexity index is 899. The third-order valence-electron chi connectivity index (χ3n) is 3.42. The predicted octanol–water partition coefficient (Wildman–Crippen LogP) is 2.83. The lowest BCUT2D eigenvalue weighted by Crippen LogP contribution is -2.24. The van der Waals surface area contributed by atoms with Crippen LogP contribution in [0.5, 0.6) is 17.2 Å². The summed E-state index contributed by atoms with van der Waals surface area (Å²) in [5.41, 5.74) is 0.612. The molecule has 1 heterocycles. The molecular formula is C16H14F3NO5S. The summed E-state index contributed by atoms with van der Waals surface area (Å²) in [4.78, 5) is -0.336. The Morgan fingerprint density at radius 2 is 1.77 bits per heavy atom. The maximum absolute atomic E-state index is 12.3. The molecule has 0 atom stereocenters. The van der Waals surface area contributed by atoms with Gasteiger partial charge in [-0.05, 0) is 29.8 Å². The molecular weight excluding hydrogens is 375 g/mol. The normalized spacial score (nSPS) is 14.1. The zero-order valence-electron chi connectivity index (χ0n) is 13.2. The fraction of sp³-hybridized carbons (Fsp3) is 0.250. The summed E-state index contributed by atoms with van der Waals surface area (Å²) in [7, 11) is -4.03. The van der Waals surface area contributed by atoms with Crippen LogP contribution in [0.1, 0.15) is 5.56 Å². The molecule has 1 aliphatic rings. The molecule has 0 amide bonds. The number of benzene rings is 2. The Kier molecular flexibility index (Phi) is 4.97. The second kappa shape index (κ2) is 7.04. The van der Waals surface area contributed by atoms with E-state index in [4.69, 9.17) is 9.47 Å². The summed E-state index contributed by atoms with van der Waals surface area (Å²) in [5, 5.41) is 0. The minimum atomic E-state index is -4.90. The van der Waals surface area contributed by atoms with Crippen LogP contribution >= 0.6 is 0 Å². The molecule has 0 radical (unpaired) electrons. The number of alkyl halides is 3. The first-order valence-electron chi connectivity index (χ1n) is 7.47. The van der Waals surface area contributed by atoms with Gasteiger partial charge >= 0.3 is 6.36 Å². The lowest BCUT2D eigenvalue weighted by atomic mass is 10.2. The highest BCUT2D eigenvalue weighted by atomic mass is 32.2. The highest BCUT2D eigenvalue weighted by Gasteiger charge is 2.31. The maximum atomic E-state index is 12.3. The molecule has 0 aromatic heterocycles. The minimum absolute atomic E-state index is 0.0661. The number of rotatable bonds is 5. The third kappa shape index (κ3) is 4.58. The van der Waals surface area contributed by atoms with E-state index in [0.717, 1.165) is 12.1 Å². The minimum Gasteiger partial charge on any atom is -0.486 e. The van der Waals surface area contributed by atoms with E-state index < -0.39 is 22.1 Å². The van der Waals surface area contributed by atoms with Gasteiger partial charge in [0.2, 0.25) is 10.0 Å². The maximum Gasteiger partial charge on any atom is 0.573 e. The molecule has 0 unspecified atom stereocenters. The van der Waals surface area contributed by atoms with Crippen LogP contribution in [0.2, 0.25) is 0 Å². The molecule has 1 N–H and O–H groups in total. The molecule has 0 fully saturated rings. The predicted molar refractivity (Wildman–Crippen MR) is 84.6 cm³/mol. The van der Waals surface area contributed by atoms with Crippen LogP contribution in [0.4, 0.5) is 13.2 Å². The number of ether oxygens (including phenoxy) is 3. The van der Waals surface area contributed by atoms with Crippen molar-refractivity contribution in [3.8, 4) is 17.2 Å². The van der Waals surface area contributed by atoms with Gasteiger partial charge in [0.25, 0.3) is 0 Å². The van der Waals surface area contributed by atoms with Crippen LogP contribution in [0.25, 0.3) is 0 Å². The molecule has 2 aromatic rings. The van der Waals surface area contributed by atoms with Crippen molar-refractivity contribution >= 4 is 10.0 Å². The zero-order valence-corrected chi connectivity index (χ0v) is 14.1. The molecule has 0 saturated heterocycles. The summed E-state index contributed by atoms with van der Waals surface area (Å²) in [6, 6.07) is 9.14. The van der Waals surface area contributed by atoms with E-state index in [1.165, 1.54) is 12.1 Å². The van der Waals surface area contributed by atoms with Crippen molar-refractivity contribution in [1.29, 1.82) is 0 Å². The van der Waals surface area contributed by atoms with Gasteiger partial charge in [-0.1, -0.05) is 12.1 Å². The largest absolute Gasteiger partial charge is 0.573 e. The third-order valence-corrected chi connectivity index (χ3v) is 4.82. The molecule has 10 heteroatoms. The topological polar surface area (TPSA) is 73.9 Å². The Hall–Kier alpha value is -2.46. The van der Waals surface area contributed by atoms with Gasteiger partial charge in [0, 0.05) is 12.6 Å². The second-order valence-electron chi connectivity index (χ2n) is 5.33. The fourth-order valence-corrected chi connectivity index (χ4v) is 3.35. The van der Waals surface area contributed by atoms with Crippen molar-refractivity contribution in [3.63, 3.8) is 0 Å². The van der Waals surface area contributed by atoms with Gasteiger partial charge in [-0.3, -0.25) is 0 Å². The van der Waals surface area contributed by atoms with Gasteiger partial charge in [0.05, 0.1) is 4.90 Å². The number of halogens is 3. The van der Waals surface area contributed by atoms with E-state index in [1.54, 1.807) is 18.2 Å². The Balaban J connectivity index is 1.72.